The van der Waals surface area contributed by atoms with Gasteiger partial charge in [0, 0.05) is 29.3 Å². The summed E-state index contributed by atoms with van der Waals surface area (Å²) in [5, 5.41) is 4.44. The van der Waals surface area contributed by atoms with Crippen LogP contribution in [-0.4, -0.2) is 9.78 Å². The van der Waals surface area contributed by atoms with E-state index >= 15 is 0 Å². The third-order valence-corrected chi connectivity index (χ3v) is 3.57. The summed E-state index contributed by atoms with van der Waals surface area (Å²) in [6, 6.07) is 8.31. The van der Waals surface area contributed by atoms with Crippen LogP contribution in [0.5, 0.6) is 0 Å². The quantitative estimate of drug-likeness (QED) is 0.943. The Morgan fingerprint density at radius 1 is 1.33 bits per heavy atom. The second kappa shape index (κ2) is 5.67. The lowest BCUT2D eigenvalue weighted by atomic mass is 9.99. The molecule has 2 aromatic rings. The summed E-state index contributed by atoms with van der Waals surface area (Å²) in [5.74, 6) is 0. The highest BCUT2D eigenvalue weighted by atomic mass is 79.9. The molecule has 0 amide bonds. The van der Waals surface area contributed by atoms with E-state index in [0.29, 0.717) is 0 Å². The molecule has 1 atom stereocenters. The zero-order chi connectivity index (χ0) is 13.1. The second-order valence-electron chi connectivity index (χ2n) is 4.50. The third-order valence-electron chi connectivity index (χ3n) is 3.04. The highest BCUT2D eigenvalue weighted by Crippen LogP contribution is 2.20. The lowest BCUT2D eigenvalue weighted by molar-refractivity contribution is 0.711. The summed E-state index contributed by atoms with van der Waals surface area (Å²) in [7, 11) is 1.94. The van der Waals surface area contributed by atoms with Crippen molar-refractivity contribution in [3.05, 3.63) is 51.8 Å². The van der Waals surface area contributed by atoms with Crippen molar-refractivity contribution in [3.63, 3.8) is 0 Å². The maximum absolute atomic E-state index is 6.29. The van der Waals surface area contributed by atoms with Crippen molar-refractivity contribution in [3.8, 4) is 0 Å². The summed E-state index contributed by atoms with van der Waals surface area (Å²) >= 11 is 3.44. The average Bonchev–Trinajstić information content (AvgIpc) is 2.73. The fourth-order valence-corrected chi connectivity index (χ4v) is 2.39. The first-order valence-electron chi connectivity index (χ1n) is 6.12. The number of aromatic nitrogens is 2. The lowest BCUT2D eigenvalue weighted by Gasteiger charge is -2.11. The Morgan fingerprint density at radius 3 is 2.61 bits per heavy atom. The van der Waals surface area contributed by atoms with E-state index in [9.17, 15) is 0 Å². The van der Waals surface area contributed by atoms with Crippen LogP contribution in [0.4, 0.5) is 0 Å². The molecule has 0 bridgehead atoms. The van der Waals surface area contributed by atoms with E-state index in [-0.39, 0.29) is 6.04 Å². The largest absolute Gasteiger partial charge is 0.324 e. The molecule has 0 aliphatic rings. The summed E-state index contributed by atoms with van der Waals surface area (Å²) < 4.78 is 2.94. The molecular weight excluding hydrogens is 290 g/mol. The first kappa shape index (κ1) is 13.3. The summed E-state index contributed by atoms with van der Waals surface area (Å²) in [6.07, 6.45) is 3.79. The summed E-state index contributed by atoms with van der Waals surface area (Å²) in [5.41, 5.74) is 9.79. The van der Waals surface area contributed by atoms with E-state index in [2.05, 4.69) is 40.1 Å². The van der Waals surface area contributed by atoms with Crippen LogP contribution in [0.1, 0.15) is 29.8 Å². The fourth-order valence-electron chi connectivity index (χ4n) is 2.12. The molecule has 1 aromatic heterocycles. The van der Waals surface area contributed by atoms with Crippen molar-refractivity contribution < 1.29 is 0 Å². The van der Waals surface area contributed by atoms with E-state index < -0.39 is 0 Å². The van der Waals surface area contributed by atoms with Gasteiger partial charge in [-0.05, 0) is 30.5 Å². The van der Waals surface area contributed by atoms with Crippen LogP contribution >= 0.6 is 15.9 Å². The number of hydrogen-bond donors (Lipinski definition) is 1. The molecule has 18 heavy (non-hydrogen) atoms. The SMILES string of the molecule is CCc1nn(C)cc1C(N)Cc1ccc(Br)cc1. The van der Waals surface area contributed by atoms with Crippen LogP contribution < -0.4 is 5.73 Å². The Kier molecular flexibility index (Phi) is 4.19. The van der Waals surface area contributed by atoms with Crippen molar-refractivity contribution in [2.45, 2.75) is 25.8 Å². The molecule has 1 heterocycles. The highest BCUT2D eigenvalue weighted by Gasteiger charge is 2.14. The maximum atomic E-state index is 6.29. The van der Waals surface area contributed by atoms with E-state index in [1.807, 2.05) is 30.1 Å². The van der Waals surface area contributed by atoms with Crippen LogP contribution in [0.15, 0.2) is 34.9 Å². The second-order valence-corrected chi connectivity index (χ2v) is 5.41. The lowest BCUT2D eigenvalue weighted by Crippen LogP contribution is -2.14. The Bertz CT molecular complexity index is 516. The van der Waals surface area contributed by atoms with Crippen LogP contribution in [0.2, 0.25) is 0 Å². The Morgan fingerprint density at radius 2 is 2.00 bits per heavy atom. The first-order chi connectivity index (χ1) is 8.60. The average molecular weight is 308 g/mol. The molecule has 0 spiro atoms. The zero-order valence-electron chi connectivity index (χ0n) is 10.7. The minimum Gasteiger partial charge on any atom is -0.324 e. The molecule has 4 heteroatoms. The predicted octanol–water partition coefficient (Wildman–Crippen LogP) is 2.99. The van der Waals surface area contributed by atoms with Gasteiger partial charge in [0.25, 0.3) is 0 Å². The highest BCUT2D eigenvalue weighted by molar-refractivity contribution is 9.10. The Balaban J connectivity index is 2.16. The van der Waals surface area contributed by atoms with E-state index in [1.54, 1.807) is 0 Å². The molecule has 0 aliphatic carbocycles. The van der Waals surface area contributed by atoms with Gasteiger partial charge in [0.15, 0.2) is 0 Å². The van der Waals surface area contributed by atoms with Crippen LogP contribution in [-0.2, 0) is 19.9 Å². The predicted molar refractivity (Wildman–Crippen MR) is 77.4 cm³/mol. The van der Waals surface area contributed by atoms with Gasteiger partial charge in [-0.15, -0.1) is 0 Å². The van der Waals surface area contributed by atoms with Crippen molar-refractivity contribution in [2.24, 2.45) is 12.8 Å². The molecule has 2 rings (SSSR count). The number of halogens is 1. The summed E-state index contributed by atoms with van der Waals surface area (Å²) in [4.78, 5) is 0. The molecule has 0 aliphatic heterocycles. The molecule has 2 N–H and O–H groups in total. The molecule has 3 nitrogen and oxygen atoms in total. The van der Waals surface area contributed by atoms with Crippen molar-refractivity contribution in [1.82, 2.24) is 9.78 Å². The van der Waals surface area contributed by atoms with Crippen LogP contribution in [0.3, 0.4) is 0 Å². The monoisotopic (exact) mass is 307 g/mol. The van der Waals surface area contributed by atoms with Gasteiger partial charge >= 0.3 is 0 Å². The minimum atomic E-state index is 0.00910. The molecule has 1 aromatic carbocycles. The zero-order valence-corrected chi connectivity index (χ0v) is 12.3. The van der Waals surface area contributed by atoms with Crippen molar-refractivity contribution >= 4 is 15.9 Å². The summed E-state index contributed by atoms with van der Waals surface area (Å²) in [6.45, 7) is 2.11. The van der Waals surface area contributed by atoms with Crippen LogP contribution in [0, 0.1) is 0 Å². The first-order valence-corrected chi connectivity index (χ1v) is 6.92. The molecule has 0 saturated carbocycles. The fraction of sp³-hybridized carbons (Fsp3) is 0.357. The number of rotatable bonds is 4. The third kappa shape index (κ3) is 3.00. The van der Waals surface area contributed by atoms with Crippen molar-refractivity contribution in [2.75, 3.05) is 0 Å². The van der Waals surface area contributed by atoms with Gasteiger partial charge in [-0.2, -0.15) is 5.10 Å². The van der Waals surface area contributed by atoms with Gasteiger partial charge in [-0.25, -0.2) is 0 Å². The van der Waals surface area contributed by atoms with E-state index in [0.717, 1.165) is 28.6 Å². The number of hydrogen-bond acceptors (Lipinski definition) is 2. The molecule has 0 saturated heterocycles. The number of nitrogens with two attached hydrogens (primary N) is 1. The topological polar surface area (TPSA) is 43.8 Å². The Labute approximate surface area is 116 Å². The van der Waals surface area contributed by atoms with Gasteiger partial charge < -0.3 is 5.73 Å². The normalized spacial score (nSPS) is 12.7. The smallest absolute Gasteiger partial charge is 0.0669 e. The van der Waals surface area contributed by atoms with Gasteiger partial charge in [0.2, 0.25) is 0 Å². The number of nitrogens with zero attached hydrogens (tertiary/aromatic N) is 2. The van der Waals surface area contributed by atoms with E-state index in [4.69, 9.17) is 5.73 Å². The molecule has 0 fully saturated rings. The van der Waals surface area contributed by atoms with Gasteiger partial charge in [0.1, 0.15) is 0 Å². The molecular formula is C14H18BrN3. The van der Waals surface area contributed by atoms with Gasteiger partial charge in [-0.3, -0.25) is 4.68 Å². The molecule has 96 valence electrons. The van der Waals surface area contributed by atoms with Crippen molar-refractivity contribution in [1.29, 1.82) is 0 Å². The maximum Gasteiger partial charge on any atom is 0.0669 e. The standard InChI is InChI=1S/C14H18BrN3/c1-3-14-12(9-18(2)17-14)13(16)8-10-4-6-11(15)7-5-10/h4-7,9,13H,3,8,16H2,1-2H3. The number of aryl methyl sites for hydroxylation is 2. The molecule has 0 radical (unpaired) electrons. The van der Waals surface area contributed by atoms with Crippen LogP contribution in [0.25, 0.3) is 0 Å². The van der Waals surface area contributed by atoms with Gasteiger partial charge in [0.05, 0.1) is 5.69 Å². The van der Waals surface area contributed by atoms with Gasteiger partial charge in [-0.1, -0.05) is 35.0 Å². The van der Waals surface area contributed by atoms with E-state index in [1.165, 1.54) is 5.56 Å². The molecule has 1 unspecified atom stereocenters. The minimum absolute atomic E-state index is 0.00910. The Hall–Kier alpha value is -1.13. The number of benzene rings is 1.